The summed E-state index contributed by atoms with van der Waals surface area (Å²) in [5, 5.41) is 2.86. The summed E-state index contributed by atoms with van der Waals surface area (Å²) < 4.78 is 37.2. The minimum absolute atomic E-state index is 0.0432. The van der Waals surface area contributed by atoms with Gasteiger partial charge in [0, 0.05) is 12.6 Å². The molecule has 1 unspecified atom stereocenters. The number of ether oxygens (including phenoxy) is 1. The number of sulfonamides is 1. The van der Waals surface area contributed by atoms with Crippen LogP contribution in [-0.2, 0) is 21.3 Å². The summed E-state index contributed by atoms with van der Waals surface area (Å²) in [7, 11) is -1.81. The van der Waals surface area contributed by atoms with Crippen LogP contribution in [-0.4, -0.2) is 34.7 Å². The average Bonchev–Trinajstić information content (AvgIpc) is 2.80. The van der Waals surface area contributed by atoms with Gasteiger partial charge in [0.2, 0.25) is 5.09 Å². The molecule has 102 valence electrons. The molecule has 1 fully saturated rings. The van der Waals surface area contributed by atoms with Crippen LogP contribution in [0, 0.1) is 0 Å². The topological polar surface area (TPSA) is 80.6 Å². The van der Waals surface area contributed by atoms with Crippen LogP contribution < -0.4 is 10.0 Å². The van der Waals surface area contributed by atoms with Crippen molar-refractivity contribution in [3.8, 4) is 0 Å². The molecule has 0 aromatic carbocycles. The number of furan rings is 1. The summed E-state index contributed by atoms with van der Waals surface area (Å²) in [6, 6.07) is 2.96. The minimum atomic E-state index is -3.58. The fourth-order valence-electron chi connectivity index (χ4n) is 1.88. The van der Waals surface area contributed by atoms with Gasteiger partial charge in [-0.25, -0.2) is 13.1 Å². The van der Waals surface area contributed by atoms with E-state index in [0.717, 1.165) is 12.8 Å². The van der Waals surface area contributed by atoms with E-state index in [1.807, 2.05) is 0 Å². The van der Waals surface area contributed by atoms with Gasteiger partial charge in [0.1, 0.15) is 5.76 Å². The highest BCUT2D eigenvalue weighted by Gasteiger charge is 2.24. The van der Waals surface area contributed by atoms with Crippen molar-refractivity contribution in [2.75, 3.05) is 20.3 Å². The zero-order chi connectivity index (χ0) is 13.0. The molecule has 0 spiro atoms. The molecule has 2 rings (SSSR count). The van der Waals surface area contributed by atoms with Crippen molar-refractivity contribution >= 4 is 10.0 Å². The highest BCUT2D eigenvalue weighted by Crippen LogP contribution is 2.16. The zero-order valence-electron chi connectivity index (χ0n) is 10.3. The molecule has 1 saturated heterocycles. The minimum Gasteiger partial charge on any atom is -0.447 e. The summed E-state index contributed by atoms with van der Waals surface area (Å²) in [4.78, 5) is 0. The van der Waals surface area contributed by atoms with Crippen molar-refractivity contribution in [3.63, 3.8) is 0 Å². The first-order chi connectivity index (χ1) is 8.62. The lowest BCUT2D eigenvalue weighted by molar-refractivity contribution is 0.0773. The summed E-state index contributed by atoms with van der Waals surface area (Å²) in [6.07, 6.45) is 1.67. The van der Waals surface area contributed by atoms with E-state index in [9.17, 15) is 8.42 Å². The average molecular weight is 274 g/mol. The fraction of sp³-hybridized carbons (Fsp3) is 0.636. The normalized spacial score (nSPS) is 21.1. The molecule has 1 aliphatic rings. The first-order valence-corrected chi connectivity index (χ1v) is 7.43. The molecular formula is C11H18N2O4S. The number of nitrogens with one attached hydrogen (secondary N) is 2. The van der Waals surface area contributed by atoms with Gasteiger partial charge in [-0.2, -0.15) is 0 Å². The second-order valence-electron chi connectivity index (χ2n) is 4.29. The lowest BCUT2D eigenvalue weighted by atomic mass is 10.1. The zero-order valence-corrected chi connectivity index (χ0v) is 11.1. The lowest BCUT2D eigenvalue weighted by Crippen LogP contribution is -2.40. The van der Waals surface area contributed by atoms with Crippen molar-refractivity contribution in [1.82, 2.24) is 10.0 Å². The van der Waals surface area contributed by atoms with Crippen molar-refractivity contribution in [1.29, 1.82) is 0 Å². The Morgan fingerprint density at radius 2 is 2.28 bits per heavy atom. The van der Waals surface area contributed by atoms with Crippen LogP contribution in [0.5, 0.6) is 0 Å². The molecular weight excluding hydrogens is 256 g/mol. The monoisotopic (exact) mass is 274 g/mol. The van der Waals surface area contributed by atoms with Gasteiger partial charge < -0.3 is 14.5 Å². The van der Waals surface area contributed by atoms with E-state index in [1.165, 1.54) is 6.07 Å². The van der Waals surface area contributed by atoms with E-state index >= 15 is 0 Å². The Morgan fingerprint density at radius 3 is 2.94 bits per heavy atom. The van der Waals surface area contributed by atoms with Crippen molar-refractivity contribution < 1.29 is 17.6 Å². The molecule has 1 aromatic heterocycles. The van der Waals surface area contributed by atoms with Crippen molar-refractivity contribution in [2.45, 2.75) is 30.5 Å². The molecule has 6 nitrogen and oxygen atoms in total. The summed E-state index contributed by atoms with van der Waals surface area (Å²) in [5.74, 6) is 0.595. The third-order valence-electron chi connectivity index (χ3n) is 2.73. The summed E-state index contributed by atoms with van der Waals surface area (Å²) in [5.41, 5.74) is 0. The van der Waals surface area contributed by atoms with Gasteiger partial charge in [0.25, 0.3) is 10.0 Å². The Labute approximate surface area is 107 Å². The van der Waals surface area contributed by atoms with E-state index in [1.54, 1.807) is 13.1 Å². The first-order valence-electron chi connectivity index (χ1n) is 5.95. The predicted octanol–water partition coefficient (Wildman–Crippen LogP) is 0.456. The highest BCUT2D eigenvalue weighted by molar-refractivity contribution is 7.89. The molecule has 1 atom stereocenters. The van der Waals surface area contributed by atoms with Crippen LogP contribution in [0.25, 0.3) is 0 Å². The Balaban J connectivity index is 2.04. The molecule has 7 heteroatoms. The third kappa shape index (κ3) is 3.32. The number of hydrogen-bond acceptors (Lipinski definition) is 5. The van der Waals surface area contributed by atoms with E-state index in [4.69, 9.17) is 9.15 Å². The molecule has 0 bridgehead atoms. The second kappa shape index (κ2) is 5.83. The Bertz CT molecular complexity index is 477. The molecule has 0 aliphatic carbocycles. The highest BCUT2D eigenvalue weighted by atomic mass is 32.2. The number of hydrogen-bond donors (Lipinski definition) is 2. The van der Waals surface area contributed by atoms with Crippen molar-refractivity contribution in [2.24, 2.45) is 0 Å². The maximum Gasteiger partial charge on any atom is 0.274 e. The molecule has 2 N–H and O–H groups in total. The van der Waals surface area contributed by atoms with Crippen LogP contribution in [0.3, 0.4) is 0 Å². The Hall–Kier alpha value is -0.890. The van der Waals surface area contributed by atoms with Gasteiger partial charge in [-0.15, -0.1) is 0 Å². The van der Waals surface area contributed by atoms with Gasteiger partial charge in [-0.05, 0) is 32.0 Å². The first kappa shape index (κ1) is 13.5. The van der Waals surface area contributed by atoms with Crippen LogP contribution in [0.4, 0.5) is 0 Å². The van der Waals surface area contributed by atoms with Gasteiger partial charge in [0.15, 0.2) is 0 Å². The SMILES string of the molecule is CNCc1ccc(S(=O)(=O)NC2CCCOC2)o1. The molecule has 0 amide bonds. The van der Waals surface area contributed by atoms with E-state index in [0.29, 0.717) is 25.5 Å². The predicted molar refractivity (Wildman–Crippen MR) is 65.6 cm³/mol. The molecule has 0 radical (unpaired) electrons. The van der Waals surface area contributed by atoms with Crippen LogP contribution in [0.2, 0.25) is 0 Å². The molecule has 2 heterocycles. The maximum absolute atomic E-state index is 12.0. The van der Waals surface area contributed by atoms with Gasteiger partial charge >= 0.3 is 0 Å². The van der Waals surface area contributed by atoms with Gasteiger partial charge in [0.05, 0.1) is 13.2 Å². The quantitative estimate of drug-likeness (QED) is 0.815. The van der Waals surface area contributed by atoms with E-state index in [-0.39, 0.29) is 11.1 Å². The van der Waals surface area contributed by atoms with Crippen molar-refractivity contribution in [3.05, 3.63) is 17.9 Å². The molecule has 1 aromatic rings. The fourth-order valence-corrected chi connectivity index (χ4v) is 3.09. The van der Waals surface area contributed by atoms with E-state index in [2.05, 4.69) is 10.0 Å². The van der Waals surface area contributed by atoms with Crippen LogP contribution in [0.1, 0.15) is 18.6 Å². The van der Waals surface area contributed by atoms with Gasteiger partial charge in [-0.3, -0.25) is 0 Å². The molecule has 1 aliphatic heterocycles. The van der Waals surface area contributed by atoms with Gasteiger partial charge in [-0.1, -0.05) is 0 Å². The maximum atomic E-state index is 12.0. The lowest BCUT2D eigenvalue weighted by Gasteiger charge is -2.22. The smallest absolute Gasteiger partial charge is 0.274 e. The summed E-state index contributed by atoms with van der Waals surface area (Å²) in [6.45, 7) is 1.62. The standard InChI is InChI=1S/C11H18N2O4S/c1-12-7-10-4-5-11(17-10)18(14,15)13-9-3-2-6-16-8-9/h4-5,9,12-13H,2-3,6-8H2,1H3. The Morgan fingerprint density at radius 1 is 1.44 bits per heavy atom. The number of rotatable bonds is 5. The van der Waals surface area contributed by atoms with Crippen LogP contribution in [0.15, 0.2) is 21.6 Å². The third-order valence-corrected chi connectivity index (χ3v) is 4.13. The summed E-state index contributed by atoms with van der Waals surface area (Å²) >= 11 is 0. The second-order valence-corrected chi connectivity index (χ2v) is 5.93. The van der Waals surface area contributed by atoms with E-state index < -0.39 is 10.0 Å². The Kier molecular flexibility index (Phi) is 4.39. The molecule has 18 heavy (non-hydrogen) atoms. The molecule has 0 saturated carbocycles. The van der Waals surface area contributed by atoms with Crippen LogP contribution >= 0.6 is 0 Å². The largest absolute Gasteiger partial charge is 0.447 e.